The van der Waals surface area contributed by atoms with Crippen LogP contribution in [0.5, 0.6) is 0 Å². The van der Waals surface area contributed by atoms with Gasteiger partial charge in [0.05, 0.1) is 0 Å². The van der Waals surface area contributed by atoms with Crippen LogP contribution in [0, 0.1) is 0 Å². The first-order chi connectivity index (χ1) is 9.00. The summed E-state index contributed by atoms with van der Waals surface area (Å²) in [6.07, 6.45) is 6.01. The second-order valence-electron chi connectivity index (χ2n) is 4.93. The van der Waals surface area contributed by atoms with E-state index in [-0.39, 0.29) is 0 Å². The minimum Gasteiger partial charge on any atom is -0.480 e. The fraction of sp³-hybridized carbons (Fsp3) is 0.500. The zero-order valence-corrected chi connectivity index (χ0v) is 13.4. The van der Waals surface area contributed by atoms with Crippen LogP contribution in [-0.2, 0) is 4.79 Å². The summed E-state index contributed by atoms with van der Waals surface area (Å²) >= 11 is 15.7. The highest BCUT2D eigenvalue weighted by molar-refractivity contribution is 9.10. The van der Waals surface area contributed by atoms with E-state index in [0.29, 0.717) is 16.5 Å². The number of carboxylic acids is 1. The summed E-state index contributed by atoms with van der Waals surface area (Å²) in [5, 5.41) is 8.50. The molecule has 1 unspecified atom stereocenters. The molecule has 1 aromatic carbocycles. The van der Waals surface area contributed by atoms with E-state index in [2.05, 4.69) is 15.9 Å². The van der Waals surface area contributed by atoms with Crippen LogP contribution < -0.4 is 0 Å². The van der Waals surface area contributed by atoms with E-state index < -0.39 is 11.3 Å². The molecule has 0 aromatic heterocycles. The molecule has 104 valence electrons. The van der Waals surface area contributed by atoms with Gasteiger partial charge in [0.25, 0.3) is 0 Å². The van der Waals surface area contributed by atoms with Crippen molar-refractivity contribution in [3.63, 3.8) is 0 Å². The van der Waals surface area contributed by atoms with Gasteiger partial charge in [-0.15, -0.1) is 11.6 Å². The van der Waals surface area contributed by atoms with Gasteiger partial charge in [-0.1, -0.05) is 46.8 Å². The molecule has 5 heteroatoms. The molecule has 2 nitrogen and oxygen atoms in total. The Morgan fingerprint density at radius 2 is 1.95 bits per heavy atom. The lowest BCUT2D eigenvalue weighted by Crippen LogP contribution is -2.09. The summed E-state index contributed by atoms with van der Waals surface area (Å²) < 4.78 is 0.869. The number of aliphatic carboxylic acids is 1. The van der Waals surface area contributed by atoms with Crippen LogP contribution in [0.15, 0.2) is 16.6 Å². The van der Waals surface area contributed by atoms with Crippen LogP contribution >= 0.6 is 39.1 Å². The predicted molar refractivity (Wildman–Crippen MR) is 81.2 cm³/mol. The van der Waals surface area contributed by atoms with Crippen molar-refractivity contribution in [2.45, 2.75) is 43.4 Å². The predicted octanol–water partition coefficient (Wildman–Crippen LogP) is 5.51. The SMILES string of the molecule is O=C(O)C(Cl)c1cc(Cl)c(C2CCCCC2)c(Br)c1. The zero-order valence-electron chi connectivity index (χ0n) is 10.3. The van der Waals surface area contributed by atoms with Crippen LogP contribution in [-0.4, -0.2) is 11.1 Å². The number of carboxylic acid groups (broad SMARTS) is 1. The fourth-order valence-corrected chi connectivity index (χ4v) is 4.10. The van der Waals surface area contributed by atoms with Gasteiger partial charge in [0.1, 0.15) is 0 Å². The van der Waals surface area contributed by atoms with Crippen LogP contribution in [0.3, 0.4) is 0 Å². The Morgan fingerprint density at radius 1 is 1.32 bits per heavy atom. The van der Waals surface area contributed by atoms with E-state index in [1.54, 1.807) is 12.1 Å². The maximum Gasteiger partial charge on any atom is 0.326 e. The van der Waals surface area contributed by atoms with Crippen LogP contribution in [0.2, 0.25) is 5.02 Å². The molecule has 1 aliphatic rings. The van der Waals surface area contributed by atoms with Gasteiger partial charge in [-0.3, -0.25) is 4.79 Å². The molecule has 0 aliphatic heterocycles. The van der Waals surface area contributed by atoms with E-state index in [1.807, 2.05) is 0 Å². The Morgan fingerprint density at radius 3 is 2.47 bits per heavy atom. The fourth-order valence-electron chi connectivity index (χ4n) is 2.67. The maximum absolute atomic E-state index is 10.9. The van der Waals surface area contributed by atoms with E-state index >= 15 is 0 Å². The number of carbonyl (C=O) groups is 1. The van der Waals surface area contributed by atoms with Gasteiger partial charge in [0.15, 0.2) is 5.38 Å². The number of benzene rings is 1. The Balaban J connectivity index is 2.34. The normalized spacial score (nSPS) is 18.3. The summed E-state index contributed by atoms with van der Waals surface area (Å²) in [5.74, 6) is -0.599. The molecule has 1 saturated carbocycles. The molecule has 1 aliphatic carbocycles. The van der Waals surface area contributed by atoms with Crippen molar-refractivity contribution in [1.29, 1.82) is 0 Å². The van der Waals surface area contributed by atoms with Crippen LogP contribution in [0.1, 0.15) is 54.5 Å². The maximum atomic E-state index is 10.9. The zero-order chi connectivity index (χ0) is 14.0. The Bertz CT molecular complexity index is 461. The smallest absolute Gasteiger partial charge is 0.326 e. The van der Waals surface area contributed by atoms with Crippen molar-refractivity contribution in [3.05, 3.63) is 32.8 Å². The Labute approximate surface area is 131 Å². The highest BCUT2D eigenvalue weighted by atomic mass is 79.9. The van der Waals surface area contributed by atoms with Gasteiger partial charge >= 0.3 is 5.97 Å². The molecule has 19 heavy (non-hydrogen) atoms. The Kier molecular flexibility index (Phi) is 5.15. The minimum absolute atomic E-state index is 0.461. The third-order valence-electron chi connectivity index (χ3n) is 3.62. The lowest BCUT2D eigenvalue weighted by molar-refractivity contribution is -0.136. The van der Waals surface area contributed by atoms with Crippen LogP contribution in [0.4, 0.5) is 0 Å². The molecule has 0 heterocycles. The highest BCUT2D eigenvalue weighted by Crippen LogP contribution is 2.42. The number of alkyl halides is 1. The summed E-state index contributed by atoms with van der Waals surface area (Å²) in [7, 11) is 0. The van der Waals surface area contributed by atoms with E-state index in [9.17, 15) is 4.79 Å². The molecular formula is C14H15BrCl2O2. The quantitative estimate of drug-likeness (QED) is 0.716. The minimum atomic E-state index is -1.06. The molecule has 0 spiro atoms. The van der Waals surface area contributed by atoms with E-state index in [4.69, 9.17) is 28.3 Å². The van der Waals surface area contributed by atoms with E-state index in [1.165, 1.54) is 19.3 Å². The molecule has 0 saturated heterocycles. The van der Waals surface area contributed by atoms with Crippen molar-refractivity contribution in [1.82, 2.24) is 0 Å². The second-order valence-corrected chi connectivity index (χ2v) is 6.63. The van der Waals surface area contributed by atoms with Crippen LogP contribution in [0.25, 0.3) is 0 Å². The van der Waals surface area contributed by atoms with Gasteiger partial charge in [-0.25, -0.2) is 0 Å². The third-order valence-corrected chi connectivity index (χ3v) is 5.03. The first-order valence-electron chi connectivity index (χ1n) is 6.36. The second kappa shape index (κ2) is 6.47. The van der Waals surface area contributed by atoms with Crippen molar-refractivity contribution in [3.8, 4) is 0 Å². The number of hydrogen-bond donors (Lipinski definition) is 1. The molecule has 0 bridgehead atoms. The summed E-state index contributed by atoms with van der Waals surface area (Å²) in [6.45, 7) is 0. The average molecular weight is 366 g/mol. The van der Waals surface area contributed by atoms with Gasteiger partial charge < -0.3 is 5.11 Å². The third kappa shape index (κ3) is 3.45. The molecule has 1 aromatic rings. The van der Waals surface area contributed by atoms with Crippen molar-refractivity contribution >= 4 is 45.1 Å². The molecular weight excluding hydrogens is 351 g/mol. The van der Waals surface area contributed by atoms with Crippen molar-refractivity contribution in [2.75, 3.05) is 0 Å². The van der Waals surface area contributed by atoms with Crippen molar-refractivity contribution in [2.24, 2.45) is 0 Å². The molecule has 1 atom stereocenters. The summed E-state index contributed by atoms with van der Waals surface area (Å²) in [4.78, 5) is 10.9. The number of rotatable bonds is 3. The first kappa shape index (κ1) is 15.1. The molecule has 0 amide bonds. The summed E-state index contributed by atoms with van der Waals surface area (Å²) in [6, 6.07) is 3.46. The standard InChI is InChI=1S/C14H15BrCl2O2/c15-10-6-9(13(17)14(18)19)7-11(16)12(10)8-4-2-1-3-5-8/h6-8,13H,1-5H2,(H,18,19). The highest BCUT2D eigenvalue weighted by Gasteiger charge is 2.24. The van der Waals surface area contributed by atoms with Gasteiger partial charge in [-0.2, -0.15) is 0 Å². The lowest BCUT2D eigenvalue weighted by atomic mass is 9.83. The van der Waals surface area contributed by atoms with Gasteiger partial charge in [-0.05, 0) is 42.0 Å². The molecule has 1 N–H and O–H groups in total. The molecule has 0 radical (unpaired) electrons. The topological polar surface area (TPSA) is 37.3 Å². The number of halogens is 3. The monoisotopic (exact) mass is 364 g/mol. The Hall–Kier alpha value is -0.250. The van der Waals surface area contributed by atoms with Gasteiger partial charge in [0.2, 0.25) is 0 Å². The number of hydrogen-bond acceptors (Lipinski definition) is 1. The van der Waals surface area contributed by atoms with E-state index in [0.717, 1.165) is 22.9 Å². The van der Waals surface area contributed by atoms with Crippen molar-refractivity contribution < 1.29 is 9.90 Å². The summed E-state index contributed by atoms with van der Waals surface area (Å²) in [5.41, 5.74) is 1.62. The molecule has 2 rings (SSSR count). The average Bonchev–Trinajstić information content (AvgIpc) is 2.38. The van der Waals surface area contributed by atoms with Gasteiger partial charge in [0, 0.05) is 9.50 Å². The lowest BCUT2D eigenvalue weighted by Gasteiger charge is -2.24. The largest absolute Gasteiger partial charge is 0.480 e. The molecule has 1 fully saturated rings. The first-order valence-corrected chi connectivity index (χ1v) is 7.97.